The summed E-state index contributed by atoms with van der Waals surface area (Å²) in [5, 5.41) is 2.92. The molecule has 0 bridgehead atoms. The summed E-state index contributed by atoms with van der Waals surface area (Å²) < 4.78 is 28.8. The predicted octanol–water partition coefficient (Wildman–Crippen LogP) is 1.93. The minimum absolute atomic E-state index is 0.209. The molecule has 4 nitrogen and oxygen atoms in total. The van der Waals surface area contributed by atoms with Crippen LogP contribution >= 0.6 is 15.9 Å². The molecule has 0 aliphatic heterocycles. The van der Waals surface area contributed by atoms with Crippen molar-refractivity contribution < 1.29 is 13.5 Å². The number of hydrogen-bond donors (Lipinski definition) is 1. The quantitative estimate of drug-likeness (QED) is 0.810. The number of anilines is 1. The van der Waals surface area contributed by atoms with Gasteiger partial charge in [0.15, 0.2) is 0 Å². The van der Waals surface area contributed by atoms with Gasteiger partial charge in [0.1, 0.15) is 18.8 Å². The molecule has 84 valence electrons. The molecule has 1 N–H and O–H groups in total. The minimum atomic E-state index is -2.42. The van der Waals surface area contributed by atoms with Crippen molar-refractivity contribution in [3.05, 3.63) is 17.0 Å². The average Bonchev–Trinajstić information content (AvgIpc) is 2.20. The van der Waals surface area contributed by atoms with Crippen molar-refractivity contribution in [1.82, 2.24) is 9.97 Å². The molecule has 1 aromatic heterocycles. The van der Waals surface area contributed by atoms with Gasteiger partial charge in [-0.25, -0.2) is 18.7 Å². The first-order valence-corrected chi connectivity index (χ1v) is 5.04. The van der Waals surface area contributed by atoms with Gasteiger partial charge < -0.3 is 10.1 Å². The molecule has 15 heavy (non-hydrogen) atoms. The summed E-state index contributed by atoms with van der Waals surface area (Å²) in [7, 11) is 0. The van der Waals surface area contributed by atoms with Crippen LogP contribution in [0, 0.1) is 0 Å². The van der Waals surface area contributed by atoms with Crippen molar-refractivity contribution in [3.63, 3.8) is 0 Å². The lowest BCUT2D eigenvalue weighted by atomic mass is 10.5. The Morgan fingerprint density at radius 3 is 3.00 bits per heavy atom. The molecular formula is C8H10BrF2N3O. The monoisotopic (exact) mass is 281 g/mol. The van der Waals surface area contributed by atoms with Gasteiger partial charge in [0, 0.05) is 12.7 Å². The van der Waals surface area contributed by atoms with E-state index in [9.17, 15) is 8.78 Å². The van der Waals surface area contributed by atoms with Gasteiger partial charge in [-0.1, -0.05) is 0 Å². The molecule has 0 radical (unpaired) electrons. The standard InChI is InChI=1S/C8H10BrF2N3O/c9-6-3-12-5-14-8(6)13-1-2-15-4-7(10)11/h3,5,7H,1-2,4H2,(H,12,13,14). The van der Waals surface area contributed by atoms with Gasteiger partial charge in [-0.05, 0) is 15.9 Å². The fourth-order valence-electron chi connectivity index (χ4n) is 0.857. The third kappa shape index (κ3) is 4.98. The number of ether oxygens (including phenoxy) is 1. The Morgan fingerprint density at radius 1 is 1.53 bits per heavy atom. The highest BCUT2D eigenvalue weighted by atomic mass is 79.9. The van der Waals surface area contributed by atoms with Crippen LogP contribution in [0.4, 0.5) is 14.6 Å². The molecule has 1 aromatic rings. The first-order chi connectivity index (χ1) is 7.20. The second-order valence-electron chi connectivity index (χ2n) is 2.61. The minimum Gasteiger partial charge on any atom is -0.374 e. The number of aromatic nitrogens is 2. The molecule has 1 heterocycles. The highest BCUT2D eigenvalue weighted by Crippen LogP contribution is 2.16. The second-order valence-corrected chi connectivity index (χ2v) is 3.47. The lowest BCUT2D eigenvalue weighted by Crippen LogP contribution is -2.13. The zero-order valence-electron chi connectivity index (χ0n) is 7.79. The predicted molar refractivity (Wildman–Crippen MR) is 55.0 cm³/mol. The van der Waals surface area contributed by atoms with Gasteiger partial charge in [0.2, 0.25) is 0 Å². The molecule has 0 aromatic carbocycles. The first-order valence-electron chi connectivity index (χ1n) is 4.25. The van der Waals surface area contributed by atoms with Crippen LogP contribution in [0.1, 0.15) is 0 Å². The lowest BCUT2D eigenvalue weighted by molar-refractivity contribution is 0.0214. The van der Waals surface area contributed by atoms with E-state index in [-0.39, 0.29) is 6.61 Å². The number of rotatable bonds is 6. The molecule has 0 saturated carbocycles. The van der Waals surface area contributed by atoms with E-state index >= 15 is 0 Å². The largest absolute Gasteiger partial charge is 0.374 e. The van der Waals surface area contributed by atoms with E-state index in [0.717, 1.165) is 4.47 Å². The van der Waals surface area contributed by atoms with Gasteiger partial charge in [0.05, 0.1) is 11.1 Å². The van der Waals surface area contributed by atoms with Crippen molar-refractivity contribution in [1.29, 1.82) is 0 Å². The van der Waals surface area contributed by atoms with Gasteiger partial charge in [-0.3, -0.25) is 0 Å². The number of nitrogens with zero attached hydrogens (tertiary/aromatic N) is 2. The zero-order valence-corrected chi connectivity index (χ0v) is 9.38. The maximum absolute atomic E-state index is 11.7. The van der Waals surface area contributed by atoms with Gasteiger partial charge in [0.25, 0.3) is 6.43 Å². The zero-order chi connectivity index (χ0) is 11.1. The van der Waals surface area contributed by atoms with E-state index in [1.54, 1.807) is 6.20 Å². The third-order valence-corrected chi connectivity index (χ3v) is 2.03. The van der Waals surface area contributed by atoms with Crippen molar-refractivity contribution in [3.8, 4) is 0 Å². The molecule has 0 amide bonds. The maximum Gasteiger partial charge on any atom is 0.261 e. The Hall–Kier alpha value is -0.820. The van der Waals surface area contributed by atoms with Gasteiger partial charge in [-0.2, -0.15) is 0 Å². The molecule has 0 saturated heterocycles. The van der Waals surface area contributed by atoms with E-state index in [2.05, 4.69) is 36.0 Å². The molecule has 0 unspecified atom stereocenters. The van der Waals surface area contributed by atoms with Crippen LogP contribution in [0.5, 0.6) is 0 Å². The SMILES string of the molecule is FC(F)COCCNc1ncncc1Br. The summed E-state index contributed by atoms with van der Waals surface area (Å²) in [5.74, 6) is 0.616. The molecule has 0 aliphatic carbocycles. The van der Waals surface area contributed by atoms with E-state index in [1.165, 1.54) is 6.33 Å². The fourth-order valence-corrected chi connectivity index (χ4v) is 1.22. The summed E-state index contributed by atoms with van der Waals surface area (Å²) in [6.07, 6.45) is 0.568. The van der Waals surface area contributed by atoms with Crippen LogP contribution < -0.4 is 5.32 Å². The number of halogens is 3. The average molecular weight is 282 g/mol. The molecule has 0 atom stereocenters. The van der Waals surface area contributed by atoms with Crippen LogP contribution in [0.3, 0.4) is 0 Å². The number of hydrogen-bond acceptors (Lipinski definition) is 4. The van der Waals surface area contributed by atoms with Crippen molar-refractivity contribution in [2.45, 2.75) is 6.43 Å². The Labute approximate surface area is 94.2 Å². The van der Waals surface area contributed by atoms with Crippen molar-refractivity contribution >= 4 is 21.7 Å². The van der Waals surface area contributed by atoms with Crippen molar-refractivity contribution in [2.24, 2.45) is 0 Å². The highest BCUT2D eigenvalue weighted by molar-refractivity contribution is 9.10. The Bertz CT molecular complexity index is 301. The van der Waals surface area contributed by atoms with Crippen molar-refractivity contribution in [2.75, 3.05) is 25.1 Å². The Balaban J connectivity index is 2.18. The van der Waals surface area contributed by atoms with E-state index in [1.807, 2.05) is 0 Å². The molecule has 0 aliphatic rings. The van der Waals surface area contributed by atoms with Crippen LogP contribution in [0.25, 0.3) is 0 Å². The normalized spacial score (nSPS) is 10.7. The van der Waals surface area contributed by atoms with Gasteiger partial charge >= 0.3 is 0 Å². The van der Waals surface area contributed by atoms with Crippen LogP contribution in [-0.4, -0.2) is 36.2 Å². The van der Waals surface area contributed by atoms with E-state index in [0.29, 0.717) is 12.4 Å². The summed E-state index contributed by atoms with van der Waals surface area (Å²) in [4.78, 5) is 7.72. The number of nitrogens with one attached hydrogen (secondary N) is 1. The summed E-state index contributed by atoms with van der Waals surface area (Å²) in [5.41, 5.74) is 0. The van der Waals surface area contributed by atoms with Crippen LogP contribution in [-0.2, 0) is 4.74 Å². The maximum atomic E-state index is 11.7. The lowest BCUT2D eigenvalue weighted by Gasteiger charge is -2.07. The van der Waals surface area contributed by atoms with Crippen LogP contribution in [0.2, 0.25) is 0 Å². The molecule has 7 heteroatoms. The third-order valence-electron chi connectivity index (χ3n) is 1.45. The van der Waals surface area contributed by atoms with Gasteiger partial charge in [-0.15, -0.1) is 0 Å². The summed E-state index contributed by atoms with van der Waals surface area (Å²) in [6.45, 7) is 0.0930. The summed E-state index contributed by atoms with van der Waals surface area (Å²) >= 11 is 3.24. The molecule has 0 spiro atoms. The highest BCUT2D eigenvalue weighted by Gasteiger charge is 2.02. The van der Waals surface area contributed by atoms with E-state index < -0.39 is 13.0 Å². The topological polar surface area (TPSA) is 47.0 Å². The molecule has 1 rings (SSSR count). The second kappa shape index (κ2) is 6.62. The first kappa shape index (κ1) is 12.3. The Kier molecular flexibility index (Phi) is 5.41. The van der Waals surface area contributed by atoms with E-state index in [4.69, 9.17) is 0 Å². The Morgan fingerprint density at radius 2 is 2.33 bits per heavy atom. The smallest absolute Gasteiger partial charge is 0.261 e. The molecule has 0 fully saturated rings. The number of alkyl halides is 2. The molecular weight excluding hydrogens is 272 g/mol. The summed E-state index contributed by atoms with van der Waals surface area (Å²) in [6, 6.07) is 0. The van der Waals surface area contributed by atoms with Crippen LogP contribution in [0.15, 0.2) is 17.0 Å². The fraction of sp³-hybridized carbons (Fsp3) is 0.500.